The summed E-state index contributed by atoms with van der Waals surface area (Å²) in [4.78, 5) is 0. The van der Waals surface area contributed by atoms with Gasteiger partial charge in [-0.3, -0.25) is 0 Å². The average molecular weight is 572 g/mol. The van der Waals surface area contributed by atoms with Crippen LogP contribution in [0.4, 0.5) is 0 Å². The number of fused-ring (bicyclic) bond motifs is 1. The number of rotatable bonds is 2. The van der Waals surface area contributed by atoms with E-state index in [2.05, 4.69) is 88.5 Å². The van der Waals surface area contributed by atoms with Crippen molar-refractivity contribution in [2.24, 2.45) is 0 Å². The second kappa shape index (κ2) is 9.86. The molecule has 2 aromatic carbocycles. The minimum atomic E-state index is -1.08. The van der Waals surface area contributed by atoms with Crippen molar-refractivity contribution in [3.8, 4) is 11.1 Å². The van der Waals surface area contributed by atoms with Crippen molar-refractivity contribution in [3.63, 3.8) is 0 Å². The topological polar surface area (TPSA) is 13.1 Å². The third-order valence-corrected chi connectivity index (χ3v) is 13.4. The molecule has 0 amide bonds. The maximum atomic E-state index is 5.51. The molecule has 3 aromatic rings. The molecule has 0 saturated heterocycles. The third-order valence-electron chi connectivity index (χ3n) is 7.38. The van der Waals surface area contributed by atoms with E-state index in [0.29, 0.717) is 3.63 Å². The molecule has 5 heteroatoms. The smallest absolute Gasteiger partial charge is 1.00 e. The molecular weight excluding hydrogens is 543 g/mol. The van der Waals surface area contributed by atoms with Gasteiger partial charge in [-0.25, -0.2) is 0 Å². The summed E-state index contributed by atoms with van der Waals surface area (Å²) >= 11 is 1.59. The van der Waals surface area contributed by atoms with Gasteiger partial charge in [-0.2, -0.15) is 0 Å². The normalized spacial score (nSPS) is 20.4. The summed E-state index contributed by atoms with van der Waals surface area (Å²) in [5.74, 6) is 1.22. The van der Waals surface area contributed by atoms with E-state index in [4.69, 9.17) is 4.42 Å². The molecule has 2 aliphatic carbocycles. The molecule has 1 nitrogen and oxygen atoms in total. The fourth-order valence-corrected chi connectivity index (χ4v) is 10.9. The van der Waals surface area contributed by atoms with E-state index in [1.54, 1.807) is 35.5 Å². The van der Waals surface area contributed by atoms with E-state index >= 15 is 0 Å². The molecule has 2 bridgehead atoms. The summed E-state index contributed by atoms with van der Waals surface area (Å²) in [7, 11) is -1.08. The Hall–Kier alpha value is -1.12. The second-order valence-corrected chi connectivity index (χ2v) is 15.5. The first kappa shape index (κ1) is 26.5. The Morgan fingerprint density at radius 2 is 1.64 bits per heavy atom. The fourth-order valence-electron chi connectivity index (χ4n) is 5.83. The van der Waals surface area contributed by atoms with Crippen molar-refractivity contribution >= 4 is 19.3 Å². The predicted octanol–water partition coefficient (Wildman–Crippen LogP) is 1.88. The van der Waals surface area contributed by atoms with Gasteiger partial charge in [0, 0.05) is 11.1 Å². The molecule has 0 saturated carbocycles. The monoisotopic (exact) mass is 569 g/mol. The second-order valence-electron chi connectivity index (χ2n) is 9.60. The van der Waals surface area contributed by atoms with Crippen LogP contribution in [0.15, 0.2) is 70.4 Å². The molecule has 2 aliphatic heterocycles. The summed E-state index contributed by atoms with van der Waals surface area (Å²) < 4.78 is 6.16. The molecule has 0 N–H and O–H groups in total. The van der Waals surface area contributed by atoms with Crippen molar-refractivity contribution in [2.75, 3.05) is 0 Å². The Morgan fingerprint density at radius 1 is 0.939 bits per heavy atom. The van der Waals surface area contributed by atoms with Gasteiger partial charge in [0.15, 0.2) is 0 Å². The van der Waals surface area contributed by atoms with Crippen molar-refractivity contribution in [2.45, 2.75) is 49.5 Å². The Kier molecular flexibility index (Phi) is 7.91. The van der Waals surface area contributed by atoms with Crippen LogP contribution in [0.3, 0.4) is 0 Å². The van der Waals surface area contributed by atoms with Gasteiger partial charge in [-0.1, -0.05) is 18.7 Å². The summed E-state index contributed by atoms with van der Waals surface area (Å²) in [6.07, 6.45) is 5.30. The molecule has 4 aliphatic rings. The van der Waals surface area contributed by atoms with Gasteiger partial charge in [0.05, 0.1) is 14.3 Å². The summed E-state index contributed by atoms with van der Waals surface area (Å²) in [6.45, 7) is 11.6. The summed E-state index contributed by atoms with van der Waals surface area (Å²) in [5.41, 5.74) is 12.4. The first-order valence-corrected chi connectivity index (χ1v) is 15.7. The van der Waals surface area contributed by atoms with Crippen LogP contribution in [0.2, 0.25) is 13.1 Å². The fraction of sp³-hybridized carbons (Fsp3) is 0.286. The molecule has 2 unspecified atom stereocenters. The van der Waals surface area contributed by atoms with Crippen LogP contribution >= 0.6 is 0 Å². The molecule has 0 fully saturated rings. The Bertz CT molecular complexity index is 1240. The zero-order chi connectivity index (χ0) is 21.9. The molecule has 2 atom stereocenters. The molecule has 33 heavy (non-hydrogen) atoms. The number of halogens is 2. The molecule has 0 radical (unpaired) electrons. The first-order chi connectivity index (χ1) is 14.8. The Labute approximate surface area is 226 Å². The van der Waals surface area contributed by atoms with Crippen LogP contribution in [0.5, 0.6) is 0 Å². The number of aryl methyl sites for hydroxylation is 1. The number of hydrogen-bond donors (Lipinski definition) is 0. The molecular formula is C28H29Cl2OSiZr. The predicted molar refractivity (Wildman–Crippen MR) is 129 cm³/mol. The summed E-state index contributed by atoms with van der Waals surface area (Å²) in [6, 6.07) is 17.9. The van der Waals surface area contributed by atoms with Crippen molar-refractivity contribution in [3.05, 3.63) is 94.0 Å². The number of allylic oxidation sites excluding steroid dienone is 2. The minimum absolute atomic E-state index is 0. The Morgan fingerprint density at radius 3 is 2.24 bits per heavy atom. The number of benzene rings is 2. The van der Waals surface area contributed by atoms with Crippen LogP contribution in [-0.2, 0) is 31.1 Å². The quantitative estimate of drug-likeness (QED) is 0.429. The van der Waals surface area contributed by atoms with E-state index < -0.39 is 8.07 Å². The van der Waals surface area contributed by atoms with Gasteiger partial charge >= 0.3 is 131 Å². The van der Waals surface area contributed by atoms with E-state index in [-0.39, 0.29) is 24.8 Å². The van der Waals surface area contributed by atoms with Gasteiger partial charge in [-0.15, -0.1) is 0 Å². The third kappa shape index (κ3) is 4.14. The SMILES string of the molecule is CC1=C2c3occc3C1[Si]2(C)C.CCc1ccc(-c2cccc3c2C=C(C)[CH]3[Zr+2])cc1.[Cl-].[Cl-]. The molecule has 7 rings (SSSR count). The first-order valence-electron chi connectivity index (χ1n) is 11.2. The summed E-state index contributed by atoms with van der Waals surface area (Å²) in [5, 5.41) is 1.59. The molecule has 169 valence electrons. The maximum Gasteiger partial charge on any atom is -1.00 e. The van der Waals surface area contributed by atoms with Crippen LogP contribution in [0, 0.1) is 0 Å². The largest absolute Gasteiger partial charge is 1.00 e. The van der Waals surface area contributed by atoms with Gasteiger partial charge in [0.1, 0.15) is 5.76 Å². The molecule has 3 heterocycles. The van der Waals surface area contributed by atoms with Crippen molar-refractivity contribution < 1.29 is 54.0 Å². The van der Waals surface area contributed by atoms with Crippen molar-refractivity contribution in [1.82, 2.24) is 0 Å². The van der Waals surface area contributed by atoms with Gasteiger partial charge < -0.3 is 29.2 Å². The minimum Gasteiger partial charge on any atom is -1.00 e. The maximum absolute atomic E-state index is 5.51. The van der Waals surface area contributed by atoms with Crippen LogP contribution in [0.1, 0.15) is 58.0 Å². The van der Waals surface area contributed by atoms with Crippen LogP contribution in [-0.4, -0.2) is 8.07 Å². The van der Waals surface area contributed by atoms with Crippen LogP contribution in [0.25, 0.3) is 22.4 Å². The van der Waals surface area contributed by atoms with Gasteiger partial charge in [-0.05, 0) is 18.2 Å². The van der Waals surface area contributed by atoms with E-state index in [1.807, 2.05) is 6.26 Å². The van der Waals surface area contributed by atoms with Gasteiger partial charge in [0.25, 0.3) is 0 Å². The van der Waals surface area contributed by atoms with Crippen molar-refractivity contribution in [1.29, 1.82) is 0 Å². The zero-order valence-electron chi connectivity index (χ0n) is 19.8. The standard InChI is InChI=1S/C18H17.C10H12OSi.2ClH.Zr/c1-3-14-7-9-15(10-8-14)17-6-4-5-16-11-13(2)12-18(16)17;1-6-9-7-4-5-11-8(7)10(6)12(9,2)3;;;/h4-12H,3H2,1-2H3;4-5,9H,1-3H3;2*1H;/q;;;;+2/p-2. The molecule has 1 aromatic heterocycles. The average Bonchev–Trinajstić information content (AvgIpc) is 3.45. The van der Waals surface area contributed by atoms with Gasteiger partial charge in [0.2, 0.25) is 0 Å². The number of furan rings is 1. The van der Waals surface area contributed by atoms with E-state index in [9.17, 15) is 0 Å². The number of hydrogen-bond acceptors (Lipinski definition) is 1. The van der Waals surface area contributed by atoms with Crippen LogP contribution < -0.4 is 24.8 Å². The van der Waals surface area contributed by atoms with E-state index in [0.717, 1.165) is 12.0 Å². The Balaban J connectivity index is 0.000000190. The molecule has 0 spiro atoms. The van der Waals surface area contributed by atoms with E-state index in [1.165, 1.54) is 44.7 Å². The zero-order valence-corrected chi connectivity index (χ0v) is 24.8.